The summed E-state index contributed by atoms with van der Waals surface area (Å²) in [6.07, 6.45) is 6.09. The van der Waals surface area contributed by atoms with E-state index in [2.05, 4.69) is 20.0 Å². The van der Waals surface area contributed by atoms with Gasteiger partial charge >= 0.3 is 6.61 Å². The molecule has 11 nitrogen and oxygen atoms in total. The molecule has 2 aromatic heterocycles. The number of hydrogen-bond acceptors (Lipinski definition) is 8. The van der Waals surface area contributed by atoms with Crippen molar-refractivity contribution in [1.82, 2.24) is 24.2 Å². The fourth-order valence-electron chi connectivity index (χ4n) is 6.30. The number of ether oxygens (including phenoxy) is 1. The van der Waals surface area contributed by atoms with E-state index in [-0.39, 0.29) is 36.0 Å². The largest absolute Gasteiger partial charge is 0.435 e. The first kappa shape index (κ1) is 31.4. The second kappa shape index (κ2) is 13.4. The minimum atomic E-state index is -2.89. The van der Waals surface area contributed by atoms with Gasteiger partial charge in [0.05, 0.1) is 24.6 Å². The highest BCUT2D eigenvalue weighted by molar-refractivity contribution is 5.96. The van der Waals surface area contributed by atoms with Crippen molar-refractivity contribution in [2.45, 2.75) is 38.9 Å². The van der Waals surface area contributed by atoms with Crippen LogP contribution >= 0.6 is 0 Å². The van der Waals surface area contributed by atoms with Crippen LogP contribution in [-0.4, -0.2) is 91.7 Å². The summed E-state index contributed by atoms with van der Waals surface area (Å²) in [5, 5.41) is 22.8. The number of amides is 2. The maximum atomic E-state index is 13.5. The number of aliphatic hydroxyl groups excluding tert-OH is 2. The van der Waals surface area contributed by atoms with Crippen LogP contribution in [0.25, 0.3) is 16.9 Å². The number of aliphatic hydroxyl groups is 2. The van der Waals surface area contributed by atoms with Crippen LogP contribution in [0.5, 0.6) is 5.75 Å². The average Bonchev–Trinajstić information content (AvgIpc) is 3.50. The highest BCUT2D eigenvalue weighted by Crippen LogP contribution is 2.29. The van der Waals surface area contributed by atoms with Gasteiger partial charge in [0.15, 0.2) is 11.5 Å². The van der Waals surface area contributed by atoms with E-state index in [0.717, 1.165) is 22.5 Å². The van der Waals surface area contributed by atoms with Crippen LogP contribution in [0.15, 0.2) is 61.1 Å². The number of carbonyl (C=O) groups excluding carboxylic acids is 2. The fraction of sp³-hybridized carbons (Fsp3) is 0.394. The Labute approximate surface area is 264 Å². The van der Waals surface area contributed by atoms with Crippen LogP contribution in [0.4, 0.5) is 20.3 Å². The highest BCUT2D eigenvalue weighted by Gasteiger charge is 2.35. The van der Waals surface area contributed by atoms with Crippen molar-refractivity contribution in [3.63, 3.8) is 0 Å². The van der Waals surface area contributed by atoms with E-state index in [1.165, 1.54) is 12.1 Å². The van der Waals surface area contributed by atoms with Gasteiger partial charge in [0, 0.05) is 67.2 Å². The van der Waals surface area contributed by atoms with Crippen molar-refractivity contribution in [2.24, 2.45) is 11.8 Å². The van der Waals surface area contributed by atoms with E-state index in [1.54, 1.807) is 46.6 Å². The Morgan fingerprint density at radius 1 is 1.04 bits per heavy atom. The standard InChI is InChI=1S/C33H36F2N6O5/c1-20-16-24(38-29-30-37-17-27(41(30)15-11-36-29)21-2-5-25(6-3-21)46-33(34)35)4-7-26(20)32(45)39-12-8-22(9-13-39)31(44)40-14-10-28(43)23(18-40)19-42/h2-7,11,15-17,22-23,28,33,42-43H,8-10,12-14,18-19H2,1H3,(H,36,38). The molecule has 6 rings (SSSR count). The molecule has 0 aliphatic carbocycles. The maximum Gasteiger partial charge on any atom is 0.387 e. The summed E-state index contributed by atoms with van der Waals surface area (Å²) in [6, 6.07) is 11.8. The molecule has 2 saturated heterocycles. The van der Waals surface area contributed by atoms with Crippen LogP contribution in [0, 0.1) is 18.8 Å². The predicted molar refractivity (Wildman–Crippen MR) is 166 cm³/mol. The third kappa shape index (κ3) is 6.51. The molecule has 2 aliphatic heterocycles. The molecule has 3 N–H and O–H groups in total. The van der Waals surface area contributed by atoms with Crippen molar-refractivity contribution < 1.29 is 33.3 Å². The van der Waals surface area contributed by atoms with Crippen molar-refractivity contribution in [1.29, 1.82) is 0 Å². The second-order valence-electron chi connectivity index (χ2n) is 11.8. The molecule has 0 spiro atoms. The van der Waals surface area contributed by atoms with Crippen LogP contribution < -0.4 is 10.1 Å². The first-order chi connectivity index (χ1) is 22.2. The summed E-state index contributed by atoms with van der Waals surface area (Å²) in [5.74, 6) is 0.0345. The number of piperidine rings is 2. The van der Waals surface area contributed by atoms with Crippen LogP contribution in [0.3, 0.4) is 0 Å². The van der Waals surface area contributed by atoms with Gasteiger partial charge in [0.2, 0.25) is 5.91 Å². The van der Waals surface area contributed by atoms with E-state index >= 15 is 0 Å². The topological polar surface area (TPSA) is 133 Å². The lowest BCUT2D eigenvalue weighted by Crippen LogP contribution is -2.51. The molecule has 2 unspecified atom stereocenters. The number of nitrogens with one attached hydrogen (secondary N) is 1. The quantitative estimate of drug-likeness (QED) is 0.264. The Balaban J connectivity index is 1.09. The molecular weight excluding hydrogens is 598 g/mol. The number of likely N-dealkylation sites (tertiary alicyclic amines) is 2. The van der Waals surface area contributed by atoms with Gasteiger partial charge < -0.3 is 30.1 Å². The molecule has 13 heteroatoms. The zero-order valence-corrected chi connectivity index (χ0v) is 25.4. The number of halogens is 2. The number of benzene rings is 2. The van der Waals surface area contributed by atoms with E-state index in [4.69, 9.17) is 0 Å². The summed E-state index contributed by atoms with van der Waals surface area (Å²) < 4.78 is 31.3. The summed E-state index contributed by atoms with van der Waals surface area (Å²) in [4.78, 5) is 39.1. The second-order valence-corrected chi connectivity index (χ2v) is 11.8. The van der Waals surface area contributed by atoms with Gasteiger partial charge in [-0.25, -0.2) is 9.97 Å². The molecule has 2 atom stereocenters. The number of aryl methyl sites for hydroxylation is 1. The third-order valence-electron chi connectivity index (χ3n) is 8.89. The van der Waals surface area contributed by atoms with Gasteiger partial charge in [0.1, 0.15) is 5.75 Å². The molecule has 2 amide bonds. The first-order valence-electron chi connectivity index (χ1n) is 15.3. The Morgan fingerprint density at radius 2 is 1.78 bits per heavy atom. The molecule has 2 aromatic carbocycles. The highest BCUT2D eigenvalue weighted by atomic mass is 19.3. The lowest BCUT2D eigenvalue weighted by Gasteiger charge is -2.39. The number of fused-ring (bicyclic) bond motifs is 1. The van der Waals surface area contributed by atoms with Gasteiger partial charge in [0.25, 0.3) is 5.91 Å². The van der Waals surface area contributed by atoms with Crippen molar-refractivity contribution in [3.8, 4) is 17.0 Å². The van der Waals surface area contributed by atoms with Crippen molar-refractivity contribution >= 4 is 29.0 Å². The van der Waals surface area contributed by atoms with Crippen LogP contribution in [0.1, 0.15) is 35.2 Å². The minimum Gasteiger partial charge on any atom is -0.435 e. The number of aromatic nitrogens is 3. The Bertz CT molecular complexity index is 1710. The fourth-order valence-corrected chi connectivity index (χ4v) is 6.30. The zero-order chi connectivity index (χ0) is 32.4. The van der Waals surface area contributed by atoms with Crippen LogP contribution in [0.2, 0.25) is 0 Å². The van der Waals surface area contributed by atoms with Crippen LogP contribution in [-0.2, 0) is 4.79 Å². The molecule has 0 radical (unpaired) electrons. The number of imidazole rings is 1. The first-order valence-corrected chi connectivity index (χ1v) is 15.3. The Morgan fingerprint density at radius 3 is 2.48 bits per heavy atom. The molecular formula is C33H36F2N6O5. The molecule has 2 aliphatic rings. The third-order valence-corrected chi connectivity index (χ3v) is 8.89. The molecule has 4 heterocycles. The molecule has 0 saturated carbocycles. The maximum absolute atomic E-state index is 13.5. The summed E-state index contributed by atoms with van der Waals surface area (Å²) in [5.41, 5.74) is 4.17. The smallest absolute Gasteiger partial charge is 0.387 e. The van der Waals surface area contributed by atoms with E-state index in [1.807, 2.05) is 23.5 Å². The van der Waals surface area contributed by atoms with Gasteiger partial charge in [-0.2, -0.15) is 8.78 Å². The number of alkyl halides is 2. The summed E-state index contributed by atoms with van der Waals surface area (Å²) in [7, 11) is 0. The average molecular weight is 635 g/mol. The number of anilines is 2. The van der Waals surface area contributed by atoms with E-state index < -0.39 is 12.7 Å². The molecule has 2 fully saturated rings. The Kier molecular flexibility index (Phi) is 9.13. The van der Waals surface area contributed by atoms with Gasteiger partial charge in [-0.05, 0) is 74.2 Å². The normalized spacial score (nSPS) is 19.1. The number of carbonyl (C=O) groups is 2. The summed E-state index contributed by atoms with van der Waals surface area (Å²) >= 11 is 0. The zero-order valence-electron chi connectivity index (χ0n) is 25.4. The molecule has 46 heavy (non-hydrogen) atoms. The van der Waals surface area contributed by atoms with Gasteiger partial charge in [-0.1, -0.05) is 0 Å². The monoisotopic (exact) mass is 634 g/mol. The van der Waals surface area contributed by atoms with E-state index in [0.29, 0.717) is 62.5 Å². The predicted octanol–water partition coefficient (Wildman–Crippen LogP) is 4.10. The van der Waals surface area contributed by atoms with Gasteiger partial charge in [-0.15, -0.1) is 0 Å². The number of nitrogens with zero attached hydrogens (tertiary/aromatic N) is 5. The number of rotatable bonds is 8. The lowest BCUT2D eigenvalue weighted by atomic mass is 9.91. The minimum absolute atomic E-state index is 0.0367. The van der Waals surface area contributed by atoms with Crippen molar-refractivity contribution in [3.05, 3.63) is 72.2 Å². The molecule has 0 bridgehead atoms. The summed E-state index contributed by atoms with van der Waals surface area (Å²) in [6.45, 7) is 0.626. The number of hydrogen-bond donors (Lipinski definition) is 3. The van der Waals surface area contributed by atoms with E-state index in [9.17, 15) is 28.6 Å². The Hall–Kier alpha value is -4.62. The SMILES string of the molecule is Cc1cc(Nc2nccn3c(-c4ccc(OC(F)F)cc4)cnc23)ccc1C(=O)N1CCC(C(=O)N2CCC(O)C(CO)C2)CC1. The lowest BCUT2D eigenvalue weighted by molar-refractivity contribution is -0.141. The molecule has 4 aromatic rings. The van der Waals surface area contributed by atoms with Crippen molar-refractivity contribution in [2.75, 3.05) is 38.1 Å². The van der Waals surface area contributed by atoms with Gasteiger partial charge in [-0.3, -0.25) is 14.0 Å². The molecule has 242 valence electrons.